The third-order valence-corrected chi connectivity index (χ3v) is 3.40. The summed E-state index contributed by atoms with van der Waals surface area (Å²) in [5, 5.41) is 0. The highest BCUT2D eigenvalue weighted by Gasteiger charge is 2.33. The van der Waals surface area contributed by atoms with E-state index in [9.17, 15) is 4.79 Å². The molecule has 0 bridgehead atoms. The Bertz CT molecular complexity index is 297. The van der Waals surface area contributed by atoms with Crippen molar-refractivity contribution < 1.29 is 14.3 Å². The number of carbonyl (C=O) groups is 1. The largest absolute Gasteiger partial charge is 0.459 e. The van der Waals surface area contributed by atoms with Crippen LogP contribution in [-0.2, 0) is 14.3 Å². The molecule has 1 heterocycles. The molecule has 20 heavy (non-hydrogen) atoms. The number of nitrogens with zero attached hydrogens (tertiary/aromatic N) is 1. The van der Waals surface area contributed by atoms with Crippen molar-refractivity contribution in [2.75, 3.05) is 26.3 Å². The van der Waals surface area contributed by atoms with E-state index >= 15 is 0 Å². The average Bonchev–Trinajstić information content (AvgIpc) is 2.74. The highest BCUT2D eigenvalue weighted by Crippen LogP contribution is 2.20. The van der Waals surface area contributed by atoms with E-state index in [1.54, 1.807) is 0 Å². The summed E-state index contributed by atoms with van der Waals surface area (Å²) in [6, 6.07) is -0.0806. The molecule has 1 rings (SSSR count). The van der Waals surface area contributed by atoms with E-state index < -0.39 is 5.60 Å². The van der Waals surface area contributed by atoms with Crippen LogP contribution in [0, 0.1) is 5.92 Å². The number of likely N-dealkylation sites (tertiary alicyclic amines) is 1. The molecule has 0 aromatic carbocycles. The number of carbonyl (C=O) groups excluding carboxylic acids is 1. The smallest absolute Gasteiger partial charge is 0.323 e. The lowest BCUT2D eigenvalue weighted by Gasteiger charge is -2.27. The zero-order chi connectivity index (χ0) is 15.2. The van der Waals surface area contributed by atoms with E-state index in [-0.39, 0.29) is 12.0 Å². The summed E-state index contributed by atoms with van der Waals surface area (Å²) in [4.78, 5) is 14.3. The second-order valence-corrected chi connectivity index (χ2v) is 7.02. The molecule has 118 valence electrons. The summed E-state index contributed by atoms with van der Waals surface area (Å²) in [6.07, 6.45) is 3.06. The van der Waals surface area contributed by atoms with Gasteiger partial charge in [0.2, 0.25) is 0 Å². The molecule has 1 aliphatic heterocycles. The summed E-state index contributed by atoms with van der Waals surface area (Å²) in [5.74, 6) is 0.591. The van der Waals surface area contributed by atoms with Crippen LogP contribution in [0.5, 0.6) is 0 Å². The molecule has 0 aromatic rings. The van der Waals surface area contributed by atoms with Crippen molar-refractivity contribution in [1.29, 1.82) is 0 Å². The highest BCUT2D eigenvalue weighted by atomic mass is 16.6. The van der Waals surface area contributed by atoms with Crippen molar-refractivity contribution in [2.24, 2.45) is 5.92 Å². The zero-order valence-corrected chi connectivity index (χ0v) is 13.8. The van der Waals surface area contributed by atoms with Gasteiger partial charge in [0.25, 0.3) is 0 Å². The maximum Gasteiger partial charge on any atom is 0.323 e. The molecule has 0 unspecified atom stereocenters. The molecule has 0 aromatic heterocycles. The van der Waals surface area contributed by atoms with Crippen molar-refractivity contribution in [2.45, 2.75) is 65.5 Å². The first-order valence-electron chi connectivity index (χ1n) is 7.84. The number of hydrogen-bond donors (Lipinski definition) is 0. The van der Waals surface area contributed by atoms with E-state index in [0.29, 0.717) is 12.5 Å². The van der Waals surface area contributed by atoms with E-state index in [1.165, 1.54) is 0 Å². The zero-order valence-electron chi connectivity index (χ0n) is 13.8. The van der Waals surface area contributed by atoms with Gasteiger partial charge in [-0.25, -0.2) is 0 Å². The van der Waals surface area contributed by atoms with Crippen LogP contribution in [0.4, 0.5) is 0 Å². The molecular weight excluding hydrogens is 254 g/mol. The second kappa shape index (κ2) is 7.99. The van der Waals surface area contributed by atoms with Crippen LogP contribution < -0.4 is 0 Å². The molecule has 0 spiro atoms. The lowest BCUT2D eigenvalue weighted by atomic mass is 10.1. The molecule has 1 fully saturated rings. The van der Waals surface area contributed by atoms with Crippen LogP contribution in [0.1, 0.15) is 53.9 Å². The van der Waals surface area contributed by atoms with Gasteiger partial charge in [0.05, 0.1) is 6.61 Å². The van der Waals surface area contributed by atoms with Gasteiger partial charge in [0, 0.05) is 13.2 Å². The Balaban J connectivity index is 2.28. The van der Waals surface area contributed by atoms with Gasteiger partial charge in [0.15, 0.2) is 0 Å². The molecule has 4 heteroatoms. The summed E-state index contributed by atoms with van der Waals surface area (Å²) in [7, 11) is 0. The molecule has 0 N–H and O–H groups in total. The van der Waals surface area contributed by atoms with Crippen molar-refractivity contribution in [3.63, 3.8) is 0 Å². The Morgan fingerprint density at radius 3 is 2.60 bits per heavy atom. The fourth-order valence-corrected chi connectivity index (χ4v) is 2.33. The summed E-state index contributed by atoms with van der Waals surface area (Å²) in [5.41, 5.74) is -0.404. The van der Waals surface area contributed by atoms with Crippen molar-refractivity contribution in [1.82, 2.24) is 4.90 Å². The van der Waals surface area contributed by atoms with Gasteiger partial charge < -0.3 is 9.47 Å². The summed E-state index contributed by atoms with van der Waals surface area (Å²) in [6.45, 7) is 13.4. The average molecular weight is 285 g/mol. The maximum atomic E-state index is 12.1. The van der Waals surface area contributed by atoms with Crippen molar-refractivity contribution >= 4 is 5.97 Å². The first-order valence-corrected chi connectivity index (χ1v) is 7.84. The highest BCUT2D eigenvalue weighted by molar-refractivity contribution is 5.76. The number of hydrogen-bond acceptors (Lipinski definition) is 4. The molecule has 0 radical (unpaired) electrons. The number of rotatable bonds is 7. The molecule has 0 amide bonds. The van der Waals surface area contributed by atoms with E-state index in [4.69, 9.17) is 9.47 Å². The molecule has 0 saturated carbocycles. The molecule has 1 saturated heterocycles. The molecule has 1 atom stereocenters. The maximum absolute atomic E-state index is 12.1. The van der Waals surface area contributed by atoms with Gasteiger partial charge in [-0.3, -0.25) is 9.69 Å². The fourth-order valence-electron chi connectivity index (χ4n) is 2.33. The van der Waals surface area contributed by atoms with E-state index in [0.717, 1.165) is 39.0 Å². The lowest BCUT2D eigenvalue weighted by molar-refractivity contribution is -0.160. The van der Waals surface area contributed by atoms with Crippen molar-refractivity contribution in [3.8, 4) is 0 Å². The van der Waals surface area contributed by atoms with E-state index in [1.807, 2.05) is 20.8 Å². The molecular formula is C16H31NO3. The van der Waals surface area contributed by atoms with Gasteiger partial charge >= 0.3 is 5.97 Å². The summed E-state index contributed by atoms with van der Waals surface area (Å²) < 4.78 is 11.1. The third kappa shape index (κ3) is 6.71. The Hall–Kier alpha value is -0.610. The minimum atomic E-state index is -0.404. The second-order valence-electron chi connectivity index (χ2n) is 7.02. The first kappa shape index (κ1) is 17.4. The predicted octanol–water partition coefficient (Wildman–Crippen LogP) is 2.86. The van der Waals surface area contributed by atoms with Gasteiger partial charge in [-0.05, 0) is 52.5 Å². The molecule has 4 nitrogen and oxygen atoms in total. The first-order chi connectivity index (χ1) is 9.29. The molecule has 0 aliphatic carbocycles. The van der Waals surface area contributed by atoms with Crippen LogP contribution in [0.3, 0.4) is 0 Å². The Labute approximate surface area is 123 Å². The normalized spacial score (nSPS) is 20.6. The Morgan fingerprint density at radius 1 is 1.30 bits per heavy atom. The van der Waals surface area contributed by atoms with Crippen molar-refractivity contribution in [3.05, 3.63) is 0 Å². The van der Waals surface area contributed by atoms with Crippen LogP contribution in [0.2, 0.25) is 0 Å². The molecule has 1 aliphatic rings. The van der Waals surface area contributed by atoms with Crippen LogP contribution in [0.15, 0.2) is 0 Å². The SMILES string of the molecule is CC(C)CCOCCN1CCC[C@@H]1C(=O)OC(C)(C)C. The van der Waals surface area contributed by atoms with Gasteiger partial charge in [-0.1, -0.05) is 13.8 Å². The fraction of sp³-hybridized carbons (Fsp3) is 0.938. The van der Waals surface area contributed by atoms with E-state index in [2.05, 4.69) is 18.7 Å². The van der Waals surface area contributed by atoms with Crippen LogP contribution in [0.25, 0.3) is 0 Å². The van der Waals surface area contributed by atoms with Gasteiger partial charge in [-0.2, -0.15) is 0 Å². The number of ether oxygens (including phenoxy) is 2. The van der Waals surface area contributed by atoms with Crippen LogP contribution in [-0.4, -0.2) is 48.8 Å². The quantitative estimate of drug-likeness (QED) is 0.532. The predicted molar refractivity (Wildman–Crippen MR) is 80.7 cm³/mol. The third-order valence-electron chi connectivity index (χ3n) is 3.40. The Kier molecular flexibility index (Phi) is 6.96. The minimum absolute atomic E-state index is 0.0806. The monoisotopic (exact) mass is 285 g/mol. The van der Waals surface area contributed by atoms with Gasteiger partial charge in [0.1, 0.15) is 11.6 Å². The van der Waals surface area contributed by atoms with Crippen LogP contribution >= 0.6 is 0 Å². The standard InChI is InChI=1S/C16H31NO3/c1-13(2)8-11-19-12-10-17-9-6-7-14(17)15(18)20-16(3,4)5/h13-14H,6-12H2,1-5H3/t14-/m1/s1. The van der Waals surface area contributed by atoms with Gasteiger partial charge in [-0.15, -0.1) is 0 Å². The topological polar surface area (TPSA) is 38.8 Å². The minimum Gasteiger partial charge on any atom is -0.459 e. The Morgan fingerprint density at radius 2 is 2.00 bits per heavy atom. The lowest BCUT2D eigenvalue weighted by Crippen LogP contribution is -2.41. The number of esters is 1. The summed E-state index contributed by atoms with van der Waals surface area (Å²) >= 11 is 0.